The molecule has 0 bridgehead atoms. The highest BCUT2D eigenvalue weighted by atomic mass is 32.3. The third-order valence-corrected chi connectivity index (χ3v) is 6.63. The van der Waals surface area contributed by atoms with Crippen LogP contribution in [0.5, 0.6) is 0 Å². The molecule has 0 spiro atoms. The van der Waals surface area contributed by atoms with Crippen LogP contribution in [0.4, 0.5) is 0 Å². The maximum Gasteiger partial charge on any atom is 0.226 e. The summed E-state index contributed by atoms with van der Waals surface area (Å²) in [5.74, 6) is 0. The second-order valence-corrected chi connectivity index (χ2v) is 9.25. The zero-order valence-corrected chi connectivity index (χ0v) is 11.2. The molecule has 0 aromatic carbocycles. The average Bonchev–Trinajstić information content (AvgIpc) is 1.98. The Balaban J connectivity index is 2.70. The maximum absolute atomic E-state index is 11.5. The van der Waals surface area contributed by atoms with Crippen molar-refractivity contribution in [1.82, 2.24) is 4.72 Å². The van der Waals surface area contributed by atoms with Gasteiger partial charge in [-0.05, 0) is 11.8 Å². The number of sulfonamides is 1. The van der Waals surface area contributed by atoms with Crippen LogP contribution in [0.3, 0.4) is 0 Å². The molecule has 1 fully saturated rings. The topological polar surface area (TPSA) is 106 Å². The predicted molar refractivity (Wildman–Crippen MR) is 61.9 cm³/mol. The molecular weight excluding hydrogens is 252 g/mol. The summed E-state index contributed by atoms with van der Waals surface area (Å²) in [5.41, 5.74) is 5.41. The summed E-state index contributed by atoms with van der Waals surface area (Å²) in [6.45, 7) is 3.71. The van der Waals surface area contributed by atoms with Gasteiger partial charge in [-0.25, -0.2) is 21.6 Å². The third-order valence-electron chi connectivity index (χ3n) is 3.03. The number of rotatable bonds is 4. The molecule has 0 aromatic rings. The van der Waals surface area contributed by atoms with Gasteiger partial charge < -0.3 is 5.73 Å². The Kier molecular flexibility index (Phi) is 3.41. The van der Waals surface area contributed by atoms with Gasteiger partial charge in [-0.2, -0.15) is 0 Å². The summed E-state index contributed by atoms with van der Waals surface area (Å²) >= 11 is 0. The quantitative estimate of drug-likeness (QED) is 0.684. The van der Waals surface area contributed by atoms with Crippen molar-refractivity contribution in [2.24, 2.45) is 11.1 Å². The normalized spacial score (nSPS) is 29.8. The number of nitrogens with one attached hydrogen (secondary N) is 1. The molecule has 2 atom stereocenters. The summed E-state index contributed by atoms with van der Waals surface area (Å²) in [6, 6.07) is -0.340. The minimum absolute atomic E-state index is 0.0570. The highest BCUT2D eigenvalue weighted by Gasteiger charge is 2.47. The lowest BCUT2D eigenvalue weighted by atomic mass is 9.64. The molecule has 3 N–H and O–H groups in total. The summed E-state index contributed by atoms with van der Waals surface area (Å²) in [7, 11) is -7.33. The second-order valence-electron chi connectivity index (χ2n) is 4.99. The largest absolute Gasteiger partial charge is 0.327 e. The molecule has 8 heteroatoms. The van der Waals surface area contributed by atoms with E-state index in [1.807, 2.05) is 13.8 Å². The Morgan fingerprint density at radius 2 is 1.81 bits per heavy atom. The molecule has 0 radical (unpaired) electrons. The van der Waals surface area contributed by atoms with Crippen LogP contribution in [-0.4, -0.2) is 40.3 Å². The Morgan fingerprint density at radius 3 is 2.12 bits per heavy atom. The zero-order valence-electron chi connectivity index (χ0n) is 9.60. The van der Waals surface area contributed by atoms with Gasteiger partial charge in [0.1, 0.15) is 0 Å². The fraction of sp³-hybridized carbons (Fsp3) is 1.00. The van der Waals surface area contributed by atoms with Crippen molar-refractivity contribution < 1.29 is 16.8 Å². The van der Waals surface area contributed by atoms with Gasteiger partial charge >= 0.3 is 0 Å². The van der Waals surface area contributed by atoms with E-state index >= 15 is 0 Å². The molecule has 16 heavy (non-hydrogen) atoms. The maximum atomic E-state index is 11.5. The van der Waals surface area contributed by atoms with E-state index in [0.717, 1.165) is 6.26 Å². The van der Waals surface area contributed by atoms with Gasteiger partial charge in [0.25, 0.3) is 0 Å². The number of hydrogen-bond acceptors (Lipinski definition) is 5. The van der Waals surface area contributed by atoms with Crippen LogP contribution >= 0.6 is 0 Å². The van der Waals surface area contributed by atoms with Gasteiger partial charge in [0, 0.05) is 18.3 Å². The van der Waals surface area contributed by atoms with Crippen LogP contribution in [0.2, 0.25) is 0 Å². The Bertz CT molecular complexity index is 466. The van der Waals surface area contributed by atoms with E-state index in [2.05, 4.69) is 4.72 Å². The van der Waals surface area contributed by atoms with Crippen LogP contribution in [0.25, 0.3) is 0 Å². The van der Waals surface area contributed by atoms with Crippen LogP contribution < -0.4 is 10.5 Å². The van der Waals surface area contributed by atoms with Crippen LogP contribution in [0.1, 0.15) is 20.3 Å². The number of hydrogen-bond donors (Lipinski definition) is 2. The monoisotopic (exact) mass is 270 g/mol. The lowest BCUT2D eigenvalue weighted by molar-refractivity contribution is 0.0904. The minimum atomic E-state index is -3.79. The summed E-state index contributed by atoms with van der Waals surface area (Å²) in [4.78, 5) is 0. The molecule has 1 saturated carbocycles. The molecule has 0 aromatic heterocycles. The summed E-state index contributed by atoms with van der Waals surface area (Å²) < 4.78 is 47.2. The van der Waals surface area contributed by atoms with Crippen molar-refractivity contribution in [2.75, 3.05) is 11.3 Å². The molecule has 1 aliphatic rings. The first-order valence-electron chi connectivity index (χ1n) is 4.87. The number of nitrogens with two attached hydrogens (primary N) is 1. The average molecular weight is 270 g/mol. The van der Waals surface area contributed by atoms with E-state index in [-0.39, 0.29) is 17.5 Å². The van der Waals surface area contributed by atoms with Crippen molar-refractivity contribution in [3.05, 3.63) is 0 Å². The van der Waals surface area contributed by atoms with Gasteiger partial charge in [-0.1, -0.05) is 13.8 Å². The highest BCUT2D eigenvalue weighted by Crippen LogP contribution is 2.39. The van der Waals surface area contributed by atoms with Crippen molar-refractivity contribution in [3.8, 4) is 0 Å². The first-order valence-corrected chi connectivity index (χ1v) is 8.59. The molecule has 0 saturated heterocycles. The minimum Gasteiger partial charge on any atom is -0.327 e. The Morgan fingerprint density at radius 1 is 1.31 bits per heavy atom. The molecule has 1 aliphatic carbocycles. The summed E-state index contributed by atoms with van der Waals surface area (Å²) in [5, 5.41) is -0.873. The van der Waals surface area contributed by atoms with Crippen LogP contribution in [0, 0.1) is 5.41 Å². The van der Waals surface area contributed by atoms with Gasteiger partial charge in [-0.15, -0.1) is 0 Å². The van der Waals surface area contributed by atoms with Crippen molar-refractivity contribution in [2.45, 2.75) is 32.4 Å². The van der Waals surface area contributed by atoms with E-state index in [9.17, 15) is 16.8 Å². The van der Waals surface area contributed by atoms with E-state index in [4.69, 9.17) is 5.73 Å². The molecule has 6 nitrogen and oxygen atoms in total. The van der Waals surface area contributed by atoms with Crippen LogP contribution in [0.15, 0.2) is 0 Å². The SMILES string of the molecule is CC1(C)C(N)CC1NS(=O)(=O)CS(C)(=O)=O. The van der Waals surface area contributed by atoms with E-state index in [1.54, 1.807) is 0 Å². The van der Waals surface area contributed by atoms with Crippen molar-refractivity contribution in [1.29, 1.82) is 0 Å². The lowest BCUT2D eigenvalue weighted by Crippen LogP contribution is -2.64. The molecular formula is C8H18N2O4S2. The van der Waals surface area contributed by atoms with Gasteiger partial charge in [0.15, 0.2) is 14.9 Å². The first kappa shape index (κ1) is 13.9. The molecule has 2 unspecified atom stereocenters. The van der Waals surface area contributed by atoms with E-state index in [0.29, 0.717) is 6.42 Å². The highest BCUT2D eigenvalue weighted by molar-refractivity contribution is 8.06. The molecule has 0 amide bonds. The molecule has 96 valence electrons. The first-order chi connectivity index (χ1) is 6.94. The zero-order chi connectivity index (χ0) is 12.8. The van der Waals surface area contributed by atoms with E-state index in [1.165, 1.54) is 0 Å². The summed E-state index contributed by atoms with van der Waals surface area (Å²) in [6.07, 6.45) is 1.43. The lowest BCUT2D eigenvalue weighted by Gasteiger charge is -2.50. The number of sulfone groups is 1. The van der Waals surface area contributed by atoms with Crippen molar-refractivity contribution in [3.63, 3.8) is 0 Å². The predicted octanol–water partition coefficient (Wildman–Crippen LogP) is -0.966. The van der Waals surface area contributed by atoms with Crippen molar-refractivity contribution >= 4 is 19.9 Å². The van der Waals surface area contributed by atoms with E-state index < -0.39 is 24.9 Å². The third kappa shape index (κ3) is 3.16. The molecule has 0 heterocycles. The Hall–Kier alpha value is -0.180. The van der Waals surface area contributed by atoms with Gasteiger partial charge in [-0.3, -0.25) is 0 Å². The van der Waals surface area contributed by atoms with Gasteiger partial charge in [0.05, 0.1) is 0 Å². The van der Waals surface area contributed by atoms with Crippen LogP contribution in [-0.2, 0) is 19.9 Å². The molecule has 0 aliphatic heterocycles. The fourth-order valence-electron chi connectivity index (χ4n) is 1.69. The van der Waals surface area contributed by atoms with Gasteiger partial charge in [0.2, 0.25) is 10.0 Å². The fourth-order valence-corrected chi connectivity index (χ4v) is 5.05. The second kappa shape index (κ2) is 3.94. The Labute approximate surface area is 96.6 Å². The standard InChI is InChI=1S/C8H18N2O4S2/c1-8(2)6(9)4-7(8)10-16(13,14)5-15(3,11)12/h6-7,10H,4-5,9H2,1-3H3. The smallest absolute Gasteiger partial charge is 0.226 e. The molecule has 1 rings (SSSR count).